The molecule has 7 fully saturated rings. The largest absolute Gasteiger partial charge is 0.346 e. The number of nitrogens with one attached hydrogen (secondary N) is 1. The summed E-state index contributed by atoms with van der Waals surface area (Å²) in [7, 11) is 0. The average Bonchev–Trinajstić information content (AvgIpc) is 2.46. The molecule has 7 aliphatic rings. The highest BCUT2D eigenvalue weighted by Gasteiger charge is 2.52. The van der Waals surface area contributed by atoms with Crippen molar-refractivity contribution in [2.45, 2.75) is 44.1 Å². The van der Waals surface area contributed by atoms with E-state index in [0.29, 0.717) is 5.91 Å². The van der Waals surface area contributed by atoms with E-state index in [9.17, 15) is 4.79 Å². The summed E-state index contributed by atoms with van der Waals surface area (Å²) in [5.74, 6) is 3.10. The summed E-state index contributed by atoms with van der Waals surface area (Å²) >= 11 is 0. The Labute approximate surface area is 133 Å². The zero-order chi connectivity index (χ0) is 14.8. The predicted molar refractivity (Wildman–Crippen MR) is 85.2 cm³/mol. The van der Waals surface area contributed by atoms with Crippen LogP contribution in [-0.2, 0) is 4.79 Å². The lowest BCUT2D eigenvalue weighted by Crippen LogP contribution is -2.70. The lowest BCUT2D eigenvalue weighted by molar-refractivity contribution is -0.933. The highest BCUT2D eigenvalue weighted by molar-refractivity contribution is 5.78. The summed E-state index contributed by atoms with van der Waals surface area (Å²) in [5, 5.41) is 3.58. The maximum Gasteiger partial charge on any atom is 0.275 e. The molecule has 3 aliphatic heterocycles. The Morgan fingerprint density at radius 3 is 1.95 bits per heavy atom. The predicted octanol–water partition coefficient (Wildman–Crippen LogP) is 1.22. The third-order valence-electron chi connectivity index (χ3n) is 7.59. The number of fused-ring (bicyclic) bond motifs is 3. The number of hydrogen-bond donors (Lipinski definition) is 1. The first-order valence-electron chi connectivity index (χ1n) is 9.51. The Hall–Kier alpha value is -0.610. The number of hydrogen-bond acceptors (Lipinski definition) is 2. The Bertz CT molecular complexity index is 432. The lowest BCUT2D eigenvalue weighted by atomic mass is 9.53. The number of amides is 1. The first-order valence-corrected chi connectivity index (χ1v) is 9.51. The van der Waals surface area contributed by atoms with Gasteiger partial charge in [-0.3, -0.25) is 9.69 Å². The number of carbonyl (C=O) groups excluding carboxylic acids is 1. The van der Waals surface area contributed by atoms with Crippen molar-refractivity contribution in [3.05, 3.63) is 0 Å². The highest BCUT2D eigenvalue weighted by atomic mass is 16.2. The van der Waals surface area contributed by atoms with Crippen LogP contribution >= 0.6 is 0 Å². The van der Waals surface area contributed by atoms with Gasteiger partial charge < -0.3 is 9.80 Å². The Morgan fingerprint density at radius 2 is 1.45 bits per heavy atom. The number of piperazine rings is 3. The van der Waals surface area contributed by atoms with Crippen molar-refractivity contribution in [1.29, 1.82) is 0 Å². The zero-order valence-corrected chi connectivity index (χ0v) is 13.7. The van der Waals surface area contributed by atoms with Crippen LogP contribution in [0.15, 0.2) is 0 Å². The third-order valence-corrected chi connectivity index (χ3v) is 7.59. The monoisotopic (exact) mass is 304 g/mol. The van der Waals surface area contributed by atoms with E-state index in [4.69, 9.17) is 0 Å². The minimum Gasteiger partial charge on any atom is -0.346 e. The normalized spacial score (nSPS) is 52.0. The molecule has 7 rings (SSSR count). The van der Waals surface area contributed by atoms with Crippen molar-refractivity contribution >= 4 is 5.91 Å². The molecule has 1 amide bonds. The highest BCUT2D eigenvalue weighted by Crippen LogP contribution is 2.55. The minimum absolute atomic E-state index is 0.196. The van der Waals surface area contributed by atoms with E-state index < -0.39 is 0 Å². The second-order valence-corrected chi connectivity index (χ2v) is 9.26. The molecule has 3 heterocycles. The van der Waals surface area contributed by atoms with Crippen LogP contribution in [0.5, 0.6) is 0 Å². The standard InChI is InChI=1S/C18H29N3O/c22-17(13-21-4-1-20(2-5-21)3-6-21)19-18-10-14-7-15(11-18)9-16(8-14)12-18/h14-16H,1-13H2/p+1. The van der Waals surface area contributed by atoms with Crippen LogP contribution in [0, 0.1) is 17.8 Å². The summed E-state index contributed by atoms with van der Waals surface area (Å²) < 4.78 is 1.06. The summed E-state index contributed by atoms with van der Waals surface area (Å²) in [6.07, 6.45) is 8.18. The molecule has 0 spiro atoms. The SMILES string of the molecule is O=C(C[N+]12CCN(CC1)CC2)NC12CC3CC(CC(C3)C1)C2. The number of rotatable bonds is 3. The summed E-state index contributed by atoms with van der Waals surface area (Å²) in [4.78, 5) is 15.4. The van der Waals surface area contributed by atoms with E-state index in [-0.39, 0.29) is 5.54 Å². The van der Waals surface area contributed by atoms with Gasteiger partial charge in [0.15, 0.2) is 6.54 Å². The molecule has 6 bridgehead atoms. The Kier molecular flexibility index (Phi) is 2.95. The molecule has 22 heavy (non-hydrogen) atoms. The van der Waals surface area contributed by atoms with Gasteiger partial charge in [0.1, 0.15) is 0 Å². The topological polar surface area (TPSA) is 32.3 Å². The van der Waals surface area contributed by atoms with Gasteiger partial charge in [-0.2, -0.15) is 0 Å². The van der Waals surface area contributed by atoms with Crippen molar-refractivity contribution in [2.24, 2.45) is 17.8 Å². The van der Waals surface area contributed by atoms with Gasteiger partial charge in [0.25, 0.3) is 5.91 Å². The third kappa shape index (κ3) is 2.22. The molecule has 3 saturated heterocycles. The first-order chi connectivity index (χ1) is 10.6. The van der Waals surface area contributed by atoms with Crippen molar-refractivity contribution in [2.75, 3.05) is 45.8 Å². The Morgan fingerprint density at radius 1 is 0.955 bits per heavy atom. The average molecular weight is 304 g/mol. The molecule has 0 atom stereocenters. The quantitative estimate of drug-likeness (QED) is 0.795. The van der Waals surface area contributed by atoms with Gasteiger partial charge >= 0.3 is 0 Å². The molecule has 4 heteroatoms. The van der Waals surface area contributed by atoms with Crippen molar-refractivity contribution in [3.63, 3.8) is 0 Å². The van der Waals surface area contributed by atoms with Crippen molar-refractivity contribution in [1.82, 2.24) is 10.2 Å². The van der Waals surface area contributed by atoms with Gasteiger partial charge in [-0.05, 0) is 56.3 Å². The second-order valence-electron chi connectivity index (χ2n) is 9.26. The van der Waals surface area contributed by atoms with Crippen LogP contribution in [-0.4, -0.2) is 66.6 Å². The van der Waals surface area contributed by atoms with Crippen molar-refractivity contribution < 1.29 is 9.28 Å². The molecule has 0 aromatic heterocycles. The number of carbonyl (C=O) groups is 1. The van der Waals surface area contributed by atoms with Gasteiger partial charge in [-0.25, -0.2) is 0 Å². The van der Waals surface area contributed by atoms with Gasteiger partial charge in [0.2, 0.25) is 0 Å². The fourth-order valence-corrected chi connectivity index (χ4v) is 6.87. The molecule has 122 valence electrons. The van der Waals surface area contributed by atoms with Crippen LogP contribution in [0.3, 0.4) is 0 Å². The van der Waals surface area contributed by atoms with Crippen LogP contribution in [0.2, 0.25) is 0 Å². The smallest absolute Gasteiger partial charge is 0.275 e. The molecule has 0 aromatic rings. The van der Waals surface area contributed by atoms with Gasteiger partial charge in [-0.1, -0.05) is 0 Å². The minimum atomic E-state index is 0.196. The molecule has 0 unspecified atom stereocenters. The van der Waals surface area contributed by atoms with E-state index in [2.05, 4.69) is 10.2 Å². The van der Waals surface area contributed by atoms with Crippen LogP contribution in [0.4, 0.5) is 0 Å². The van der Waals surface area contributed by atoms with E-state index >= 15 is 0 Å². The summed E-state index contributed by atoms with van der Waals surface area (Å²) in [6, 6.07) is 0. The molecular formula is C18H30N3O+. The second kappa shape index (κ2) is 4.70. The van der Waals surface area contributed by atoms with Gasteiger partial charge in [0, 0.05) is 25.2 Å². The van der Waals surface area contributed by atoms with Crippen LogP contribution < -0.4 is 5.32 Å². The molecule has 1 N–H and O–H groups in total. The fourth-order valence-electron chi connectivity index (χ4n) is 6.87. The van der Waals surface area contributed by atoms with E-state index in [0.717, 1.165) is 28.8 Å². The maximum absolute atomic E-state index is 12.8. The zero-order valence-electron chi connectivity index (χ0n) is 13.7. The molecule has 4 aliphatic carbocycles. The van der Waals surface area contributed by atoms with E-state index in [1.54, 1.807) is 0 Å². The first kappa shape index (κ1) is 13.8. The Balaban J connectivity index is 1.27. The van der Waals surface area contributed by atoms with Gasteiger partial charge in [0.05, 0.1) is 19.6 Å². The van der Waals surface area contributed by atoms with E-state index in [1.165, 1.54) is 77.8 Å². The number of quaternary nitrogens is 1. The summed E-state index contributed by atoms with van der Waals surface area (Å²) in [5.41, 5.74) is 0.196. The summed E-state index contributed by atoms with van der Waals surface area (Å²) in [6.45, 7) is 7.91. The fraction of sp³-hybridized carbons (Fsp3) is 0.944. The van der Waals surface area contributed by atoms with Gasteiger partial charge in [-0.15, -0.1) is 0 Å². The maximum atomic E-state index is 12.8. The van der Waals surface area contributed by atoms with Crippen LogP contribution in [0.25, 0.3) is 0 Å². The lowest BCUT2D eigenvalue weighted by Gasteiger charge is -2.57. The van der Waals surface area contributed by atoms with Crippen LogP contribution in [0.1, 0.15) is 38.5 Å². The number of nitrogens with zero attached hydrogens (tertiary/aromatic N) is 2. The van der Waals surface area contributed by atoms with Crippen molar-refractivity contribution in [3.8, 4) is 0 Å². The molecule has 4 saturated carbocycles. The molecule has 4 nitrogen and oxygen atoms in total. The molecule has 0 aromatic carbocycles. The van der Waals surface area contributed by atoms with E-state index in [1.807, 2.05) is 0 Å². The molecule has 0 radical (unpaired) electrons. The molecular weight excluding hydrogens is 274 g/mol.